The van der Waals surface area contributed by atoms with Gasteiger partial charge in [-0.3, -0.25) is 0 Å². The second-order valence-electron chi connectivity index (χ2n) is 3.36. The lowest BCUT2D eigenvalue weighted by Gasteiger charge is -2.13. The average Bonchev–Trinajstić information content (AvgIpc) is 2.04. The van der Waals surface area contributed by atoms with Crippen LogP contribution in [0.3, 0.4) is 0 Å². The van der Waals surface area contributed by atoms with Crippen LogP contribution < -0.4 is 11.5 Å². The van der Waals surface area contributed by atoms with Crippen LogP contribution in [0.2, 0.25) is 0 Å². The number of aryl methyl sites for hydroxylation is 1. The van der Waals surface area contributed by atoms with Gasteiger partial charge in [-0.25, -0.2) is 4.98 Å². The molecule has 0 aliphatic heterocycles. The summed E-state index contributed by atoms with van der Waals surface area (Å²) in [6.45, 7) is 4.14. The molecule has 0 aromatic carbocycles. The molecular weight excluding hydrogens is 162 g/mol. The van der Waals surface area contributed by atoms with Gasteiger partial charge in [0.25, 0.3) is 0 Å². The molecule has 0 unspecified atom stereocenters. The third-order valence-electron chi connectivity index (χ3n) is 2.17. The van der Waals surface area contributed by atoms with E-state index in [4.69, 9.17) is 11.5 Å². The highest BCUT2D eigenvalue weighted by Gasteiger charge is 2.08. The van der Waals surface area contributed by atoms with Gasteiger partial charge in [-0.05, 0) is 30.5 Å². The van der Waals surface area contributed by atoms with Crippen LogP contribution in [0.4, 0.5) is 5.82 Å². The Kier molecular flexibility index (Phi) is 3.25. The van der Waals surface area contributed by atoms with E-state index in [9.17, 15) is 0 Å². The van der Waals surface area contributed by atoms with E-state index in [1.54, 1.807) is 6.20 Å². The third-order valence-corrected chi connectivity index (χ3v) is 2.17. The molecule has 0 radical (unpaired) electrons. The maximum atomic E-state index is 5.98. The molecule has 1 aromatic heterocycles. The first-order chi connectivity index (χ1) is 6.15. The Morgan fingerprint density at radius 3 is 2.77 bits per heavy atom. The summed E-state index contributed by atoms with van der Waals surface area (Å²) in [4.78, 5) is 4.04. The van der Waals surface area contributed by atoms with Gasteiger partial charge in [0.1, 0.15) is 5.82 Å². The van der Waals surface area contributed by atoms with Crippen molar-refractivity contribution < 1.29 is 0 Å². The van der Waals surface area contributed by atoms with Gasteiger partial charge in [-0.1, -0.05) is 13.3 Å². The molecule has 4 N–H and O–H groups in total. The van der Waals surface area contributed by atoms with Gasteiger partial charge in [0.2, 0.25) is 0 Å². The molecule has 0 aliphatic rings. The Balaban J connectivity index is 2.88. The van der Waals surface area contributed by atoms with Crippen LogP contribution in [0.15, 0.2) is 12.3 Å². The quantitative estimate of drug-likeness (QED) is 0.743. The normalized spacial score (nSPS) is 12.8. The predicted octanol–water partition coefficient (Wildman–Crippen LogP) is 1.77. The average molecular weight is 179 g/mol. The molecule has 0 spiro atoms. The van der Waals surface area contributed by atoms with Crippen molar-refractivity contribution in [2.24, 2.45) is 5.73 Å². The van der Waals surface area contributed by atoms with E-state index >= 15 is 0 Å². The molecule has 1 heterocycles. The number of aromatic nitrogens is 1. The SMILES string of the molecule is CCC[C@@H](N)c1cnc(N)cc1C. The lowest BCUT2D eigenvalue weighted by Crippen LogP contribution is -2.12. The van der Waals surface area contributed by atoms with Crippen molar-refractivity contribution in [1.82, 2.24) is 4.98 Å². The van der Waals surface area contributed by atoms with Crippen molar-refractivity contribution in [3.05, 3.63) is 23.4 Å². The van der Waals surface area contributed by atoms with E-state index in [0.29, 0.717) is 5.82 Å². The van der Waals surface area contributed by atoms with Crippen LogP contribution in [0, 0.1) is 6.92 Å². The molecule has 1 atom stereocenters. The summed E-state index contributed by atoms with van der Waals surface area (Å²) < 4.78 is 0. The summed E-state index contributed by atoms with van der Waals surface area (Å²) in [5.41, 5.74) is 13.8. The van der Waals surface area contributed by atoms with Crippen LogP contribution in [-0.4, -0.2) is 4.98 Å². The number of nitrogens with two attached hydrogens (primary N) is 2. The smallest absolute Gasteiger partial charge is 0.123 e. The minimum atomic E-state index is 0.0955. The number of rotatable bonds is 3. The van der Waals surface area contributed by atoms with Crippen molar-refractivity contribution in [3.8, 4) is 0 Å². The minimum Gasteiger partial charge on any atom is -0.384 e. The van der Waals surface area contributed by atoms with E-state index in [-0.39, 0.29) is 6.04 Å². The zero-order valence-electron chi connectivity index (χ0n) is 8.25. The highest BCUT2D eigenvalue weighted by molar-refractivity contribution is 5.37. The van der Waals surface area contributed by atoms with Crippen LogP contribution in [0.5, 0.6) is 0 Å². The number of pyridine rings is 1. The standard InChI is InChI=1S/C10H17N3/c1-3-4-9(11)8-6-13-10(12)5-7(8)2/h5-6,9H,3-4,11H2,1-2H3,(H2,12,13)/t9-/m1/s1. The molecule has 0 saturated heterocycles. The Bertz CT molecular complexity index is 283. The molecule has 0 saturated carbocycles. The number of anilines is 1. The van der Waals surface area contributed by atoms with Crippen molar-refractivity contribution in [1.29, 1.82) is 0 Å². The van der Waals surface area contributed by atoms with Gasteiger partial charge >= 0.3 is 0 Å². The maximum Gasteiger partial charge on any atom is 0.123 e. The van der Waals surface area contributed by atoms with Gasteiger partial charge in [-0.2, -0.15) is 0 Å². The predicted molar refractivity (Wildman–Crippen MR) is 55.2 cm³/mol. The van der Waals surface area contributed by atoms with Gasteiger partial charge in [0.05, 0.1) is 0 Å². The molecule has 3 nitrogen and oxygen atoms in total. The zero-order chi connectivity index (χ0) is 9.84. The fourth-order valence-corrected chi connectivity index (χ4v) is 1.44. The number of nitrogen functional groups attached to an aromatic ring is 1. The van der Waals surface area contributed by atoms with Crippen LogP contribution in [-0.2, 0) is 0 Å². The van der Waals surface area contributed by atoms with Gasteiger partial charge in [0.15, 0.2) is 0 Å². The fraction of sp³-hybridized carbons (Fsp3) is 0.500. The Labute approximate surface area is 79.2 Å². The first-order valence-electron chi connectivity index (χ1n) is 4.62. The summed E-state index contributed by atoms with van der Waals surface area (Å²) in [6.07, 6.45) is 3.86. The van der Waals surface area contributed by atoms with Crippen LogP contribution in [0.25, 0.3) is 0 Å². The van der Waals surface area contributed by atoms with E-state index < -0.39 is 0 Å². The van der Waals surface area contributed by atoms with Gasteiger partial charge in [0, 0.05) is 12.2 Å². The second kappa shape index (κ2) is 4.23. The number of nitrogens with zero attached hydrogens (tertiary/aromatic N) is 1. The molecule has 1 rings (SSSR count). The molecule has 0 fully saturated rings. The van der Waals surface area contributed by atoms with E-state index in [0.717, 1.165) is 24.0 Å². The minimum absolute atomic E-state index is 0.0955. The summed E-state index contributed by atoms with van der Waals surface area (Å²) in [5, 5.41) is 0. The summed E-state index contributed by atoms with van der Waals surface area (Å²) in [6, 6.07) is 1.96. The number of hydrogen-bond acceptors (Lipinski definition) is 3. The van der Waals surface area contributed by atoms with Gasteiger partial charge in [-0.15, -0.1) is 0 Å². The van der Waals surface area contributed by atoms with E-state index in [2.05, 4.69) is 11.9 Å². The highest BCUT2D eigenvalue weighted by Crippen LogP contribution is 2.19. The summed E-state index contributed by atoms with van der Waals surface area (Å²) in [5.74, 6) is 0.560. The first-order valence-corrected chi connectivity index (χ1v) is 4.62. The van der Waals surface area contributed by atoms with Crippen LogP contribution >= 0.6 is 0 Å². The molecule has 0 amide bonds. The zero-order valence-corrected chi connectivity index (χ0v) is 8.25. The monoisotopic (exact) mass is 179 g/mol. The summed E-state index contributed by atoms with van der Waals surface area (Å²) in [7, 11) is 0. The summed E-state index contributed by atoms with van der Waals surface area (Å²) >= 11 is 0. The molecule has 1 aromatic rings. The molecule has 13 heavy (non-hydrogen) atoms. The van der Waals surface area contributed by atoms with Crippen molar-refractivity contribution in [2.45, 2.75) is 32.7 Å². The molecule has 3 heteroatoms. The van der Waals surface area contributed by atoms with E-state index in [1.807, 2.05) is 13.0 Å². The largest absolute Gasteiger partial charge is 0.384 e. The highest BCUT2D eigenvalue weighted by atomic mass is 14.8. The molecule has 0 bridgehead atoms. The lowest BCUT2D eigenvalue weighted by atomic mass is 10.0. The van der Waals surface area contributed by atoms with Crippen molar-refractivity contribution >= 4 is 5.82 Å². The van der Waals surface area contributed by atoms with Gasteiger partial charge < -0.3 is 11.5 Å². The Morgan fingerprint density at radius 1 is 1.54 bits per heavy atom. The van der Waals surface area contributed by atoms with Crippen molar-refractivity contribution in [3.63, 3.8) is 0 Å². The molecule has 0 aliphatic carbocycles. The maximum absolute atomic E-state index is 5.98. The van der Waals surface area contributed by atoms with Crippen LogP contribution in [0.1, 0.15) is 36.9 Å². The first kappa shape index (κ1) is 9.99. The molecular formula is C10H17N3. The topological polar surface area (TPSA) is 64.9 Å². The second-order valence-corrected chi connectivity index (χ2v) is 3.36. The third kappa shape index (κ3) is 2.42. The van der Waals surface area contributed by atoms with E-state index in [1.165, 1.54) is 0 Å². The Hall–Kier alpha value is -1.09. The lowest BCUT2D eigenvalue weighted by molar-refractivity contribution is 0.633. The Morgan fingerprint density at radius 2 is 2.23 bits per heavy atom. The number of hydrogen-bond donors (Lipinski definition) is 2. The fourth-order valence-electron chi connectivity index (χ4n) is 1.44. The van der Waals surface area contributed by atoms with Crippen molar-refractivity contribution in [2.75, 3.05) is 5.73 Å². The molecule has 72 valence electrons.